The molecule has 0 aliphatic rings. The Bertz CT molecular complexity index is 594. The van der Waals surface area contributed by atoms with Crippen molar-refractivity contribution in [3.8, 4) is 5.75 Å². The second-order valence-corrected chi connectivity index (χ2v) is 3.68. The summed E-state index contributed by atoms with van der Waals surface area (Å²) in [5, 5.41) is 3.74. The van der Waals surface area contributed by atoms with Gasteiger partial charge in [0.05, 0.1) is 13.3 Å². The molecule has 0 aliphatic heterocycles. The number of carbonyl (C=O) groups is 1. The number of aromatic nitrogens is 1. The van der Waals surface area contributed by atoms with E-state index in [9.17, 15) is 9.18 Å². The summed E-state index contributed by atoms with van der Waals surface area (Å²) in [4.78, 5) is 14.3. The largest absolute Gasteiger partial charge is 0.494 e. The third kappa shape index (κ3) is 3.19. The first kappa shape index (κ1) is 12.8. The van der Waals surface area contributed by atoms with Crippen molar-refractivity contribution >= 4 is 12.1 Å². The Morgan fingerprint density at radius 1 is 1.47 bits per heavy atom. The van der Waals surface area contributed by atoms with Crippen LogP contribution in [0.2, 0.25) is 0 Å². The molecule has 0 spiro atoms. The van der Waals surface area contributed by atoms with E-state index in [4.69, 9.17) is 4.74 Å². The molecule has 5 nitrogen and oxygen atoms in total. The van der Waals surface area contributed by atoms with Gasteiger partial charge in [-0.15, -0.1) is 0 Å². The van der Waals surface area contributed by atoms with E-state index in [0.717, 1.165) is 0 Å². The van der Waals surface area contributed by atoms with E-state index in [1.807, 2.05) is 0 Å². The number of H-pyrrole nitrogens is 1. The fraction of sp³-hybridized carbons (Fsp3) is 0.0769. The summed E-state index contributed by atoms with van der Waals surface area (Å²) in [5.74, 6) is -0.690. The quantitative estimate of drug-likeness (QED) is 0.652. The number of nitrogens with one attached hydrogen (secondary N) is 2. The van der Waals surface area contributed by atoms with E-state index in [-0.39, 0.29) is 11.7 Å². The monoisotopic (exact) mass is 261 g/mol. The third-order valence-corrected chi connectivity index (χ3v) is 2.40. The molecule has 0 fully saturated rings. The molecule has 1 aromatic carbocycles. The molecule has 19 heavy (non-hydrogen) atoms. The lowest BCUT2D eigenvalue weighted by Crippen LogP contribution is -2.17. The summed E-state index contributed by atoms with van der Waals surface area (Å²) in [5.41, 5.74) is 3.25. The van der Waals surface area contributed by atoms with Crippen LogP contribution < -0.4 is 10.2 Å². The molecule has 0 saturated heterocycles. The zero-order chi connectivity index (χ0) is 13.7. The van der Waals surface area contributed by atoms with E-state index in [1.165, 1.54) is 25.5 Å². The van der Waals surface area contributed by atoms with Crippen LogP contribution in [0.15, 0.2) is 41.6 Å². The Labute approximate surface area is 109 Å². The fourth-order valence-corrected chi connectivity index (χ4v) is 1.46. The van der Waals surface area contributed by atoms with Crippen LogP contribution in [0.3, 0.4) is 0 Å². The SMILES string of the molecule is COc1ccc(/C=N\NC(=O)c2ccc[nH]2)cc1F. The van der Waals surface area contributed by atoms with Gasteiger partial charge in [0.2, 0.25) is 0 Å². The number of hydrogen-bond donors (Lipinski definition) is 2. The zero-order valence-corrected chi connectivity index (χ0v) is 10.2. The van der Waals surface area contributed by atoms with E-state index in [1.54, 1.807) is 24.4 Å². The number of methoxy groups -OCH3 is 1. The van der Waals surface area contributed by atoms with Gasteiger partial charge in [0, 0.05) is 6.20 Å². The highest BCUT2D eigenvalue weighted by atomic mass is 19.1. The predicted molar refractivity (Wildman–Crippen MR) is 68.8 cm³/mol. The maximum atomic E-state index is 13.4. The molecule has 2 aromatic rings. The van der Waals surface area contributed by atoms with E-state index >= 15 is 0 Å². The maximum Gasteiger partial charge on any atom is 0.287 e. The number of rotatable bonds is 4. The fourth-order valence-electron chi connectivity index (χ4n) is 1.46. The number of hydrogen-bond acceptors (Lipinski definition) is 3. The Hall–Kier alpha value is -2.63. The molecular weight excluding hydrogens is 249 g/mol. The van der Waals surface area contributed by atoms with Crippen molar-refractivity contribution in [2.75, 3.05) is 7.11 Å². The minimum absolute atomic E-state index is 0.160. The van der Waals surface area contributed by atoms with Crippen LogP contribution in [0.1, 0.15) is 16.1 Å². The van der Waals surface area contributed by atoms with Crippen LogP contribution in [-0.2, 0) is 0 Å². The molecule has 2 rings (SSSR count). The molecule has 1 heterocycles. The van der Waals surface area contributed by atoms with Crippen LogP contribution in [0.25, 0.3) is 0 Å². The smallest absolute Gasteiger partial charge is 0.287 e. The second kappa shape index (κ2) is 5.81. The molecule has 1 amide bonds. The van der Waals surface area contributed by atoms with Gasteiger partial charge in [0.25, 0.3) is 5.91 Å². The summed E-state index contributed by atoms with van der Waals surface area (Å²) in [6, 6.07) is 7.72. The summed E-state index contributed by atoms with van der Waals surface area (Å²) in [6.07, 6.45) is 2.99. The van der Waals surface area contributed by atoms with Gasteiger partial charge in [-0.3, -0.25) is 4.79 Å². The maximum absolute atomic E-state index is 13.4. The van der Waals surface area contributed by atoms with Crippen molar-refractivity contribution in [3.05, 3.63) is 53.6 Å². The Morgan fingerprint density at radius 2 is 2.32 bits per heavy atom. The Balaban J connectivity index is 1.99. The van der Waals surface area contributed by atoms with Gasteiger partial charge in [0.1, 0.15) is 5.69 Å². The highest BCUT2D eigenvalue weighted by Gasteiger charge is 2.04. The predicted octanol–water partition coefficient (Wildman–Crippen LogP) is 1.93. The average molecular weight is 261 g/mol. The van der Waals surface area contributed by atoms with E-state index < -0.39 is 5.82 Å². The first-order valence-electron chi connectivity index (χ1n) is 5.51. The van der Waals surface area contributed by atoms with E-state index in [2.05, 4.69) is 15.5 Å². The number of hydrazone groups is 1. The van der Waals surface area contributed by atoms with Crippen LogP contribution in [0.5, 0.6) is 5.75 Å². The number of carbonyl (C=O) groups excluding carboxylic acids is 1. The summed E-state index contributed by atoms with van der Waals surface area (Å²) < 4.78 is 18.2. The molecular formula is C13H12FN3O2. The standard InChI is InChI=1S/C13H12FN3O2/c1-19-12-5-4-9(7-10(12)14)8-16-17-13(18)11-3-2-6-15-11/h2-8,15H,1H3,(H,17,18)/b16-8-. The molecule has 0 aliphatic carbocycles. The van der Waals surface area contributed by atoms with Gasteiger partial charge in [-0.1, -0.05) is 0 Å². The average Bonchev–Trinajstić information content (AvgIpc) is 2.93. The van der Waals surface area contributed by atoms with Gasteiger partial charge in [-0.2, -0.15) is 5.10 Å². The van der Waals surface area contributed by atoms with E-state index in [0.29, 0.717) is 11.3 Å². The molecule has 0 radical (unpaired) electrons. The molecule has 6 heteroatoms. The number of amides is 1. The van der Waals surface area contributed by atoms with Crippen LogP contribution in [0, 0.1) is 5.82 Å². The lowest BCUT2D eigenvalue weighted by molar-refractivity contribution is 0.0951. The highest BCUT2D eigenvalue weighted by Crippen LogP contribution is 2.16. The zero-order valence-electron chi connectivity index (χ0n) is 10.2. The minimum Gasteiger partial charge on any atom is -0.494 e. The summed E-state index contributed by atoms with van der Waals surface area (Å²) in [6.45, 7) is 0. The second-order valence-electron chi connectivity index (χ2n) is 3.68. The number of aromatic amines is 1. The van der Waals surface area contributed by atoms with Gasteiger partial charge in [0.15, 0.2) is 11.6 Å². The van der Waals surface area contributed by atoms with Crippen molar-refractivity contribution in [1.82, 2.24) is 10.4 Å². The summed E-state index contributed by atoms with van der Waals surface area (Å²) in [7, 11) is 1.39. The summed E-state index contributed by atoms with van der Waals surface area (Å²) >= 11 is 0. The lowest BCUT2D eigenvalue weighted by atomic mass is 10.2. The highest BCUT2D eigenvalue weighted by molar-refractivity contribution is 5.93. The van der Waals surface area contributed by atoms with Crippen LogP contribution in [0.4, 0.5) is 4.39 Å². The van der Waals surface area contributed by atoms with Crippen LogP contribution >= 0.6 is 0 Å². The lowest BCUT2D eigenvalue weighted by Gasteiger charge is -2.01. The van der Waals surface area contributed by atoms with Gasteiger partial charge >= 0.3 is 0 Å². The molecule has 0 unspecified atom stereocenters. The van der Waals surface area contributed by atoms with Crippen molar-refractivity contribution in [2.45, 2.75) is 0 Å². The van der Waals surface area contributed by atoms with Crippen molar-refractivity contribution in [1.29, 1.82) is 0 Å². The minimum atomic E-state index is -0.484. The topological polar surface area (TPSA) is 66.5 Å². The number of ether oxygens (including phenoxy) is 1. The van der Waals surface area contributed by atoms with Crippen molar-refractivity contribution in [3.63, 3.8) is 0 Å². The first-order chi connectivity index (χ1) is 9.20. The van der Waals surface area contributed by atoms with Crippen molar-refractivity contribution < 1.29 is 13.9 Å². The Morgan fingerprint density at radius 3 is 2.95 bits per heavy atom. The normalized spacial score (nSPS) is 10.6. The molecule has 1 aromatic heterocycles. The van der Waals surface area contributed by atoms with Gasteiger partial charge in [-0.25, -0.2) is 9.82 Å². The first-order valence-corrected chi connectivity index (χ1v) is 5.51. The van der Waals surface area contributed by atoms with Gasteiger partial charge in [-0.05, 0) is 35.9 Å². The molecule has 0 saturated carbocycles. The molecule has 0 atom stereocenters. The molecule has 2 N–H and O–H groups in total. The number of nitrogens with zero attached hydrogens (tertiary/aromatic N) is 1. The number of benzene rings is 1. The Kier molecular flexibility index (Phi) is 3.92. The van der Waals surface area contributed by atoms with Gasteiger partial charge < -0.3 is 9.72 Å². The molecule has 98 valence electrons. The van der Waals surface area contributed by atoms with Crippen LogP contribution in [-0.4, -0.2) is 24.2 Å². The number of halogens is 1. The molecule has 0 bridgehead atoms. The van der Waals surface area contributed by atoms with Crippen molar-refractivity contribution in [2.24, 2.45) is 5.10 Å². The third-order valence-electron chi connectivity index (χ3n) is 2.40.